The van der Waals surface area contributed by atoms with Gasteiger partial charge in [0.2, 0.25) is 5.91 Å². The van der Waals surface area contributed by atoms with Gasteiger partial charge in [0, 0.05) is 5.02 Å². The number of anilines is 1. The number of piperidine rings is 1. The molecule has 24 heavy (non-hydrogen) atoms. The highest BCUT2D eigenvalue weighted by atomic mass is 35.5. The minimum Gasteiger partial charge on any atom is -0.481 e. The molecule has 2 amide bonds. The lowest BCUT2D eigenvalue weighted by molar-refractivity contribution is -0.143. The van der Waals surface area contributed by atoms with Gasteiger partial charge in [0.05, 0.1) is 24.1 Å². The van der Waals surface area contributed by atoms with E-state index in [9.17, 15) is 14.4 Å². The molecule has 1 N–H and O–H groups in total. The average Bonchev–Trinajstić information content (AvgIpc) is 2.85. The number of rotatable bonds is 3. The number of hydrogen-bond acceptors (Lipinski definition) is 4. The Hall–Kier alpha value is -1.92. The molecule has 2 heterocycles. The van der Waals surface area contributed by atoms with Gasteiger partial charge in [-0.1, -0.05) is 17.7 Å². The van der Waals surface area contributed by atoms with Crippen molar-refractivity contribution >= 4 is 35.1 Å². The van der Waals surface area contributed by atoms with Gasteiger partial charge in [-0.2, -0.15) is 0 Å². The molecule has 0 unspecified atom stereocenters. The Morgan fingerprint density at radius 1 is 1.25 bits per heavy atom. The first-order chi connectivity index (χ1) is 11.4. The molecule has 0 saturated carbocycles. The number of likely N-dealkylation sites (tertiary alicyclic amines) is 1. The summed E-state index contributed by atoms with van der Waals surface area (Å²) in [6.45, 7) is 2.82. The fourth-order valence-electron chi connectivity index (χ4n) is 3.45. The molecule has 6 nitrogen and oxygen atoms in total. The molecular formula is C17H19ClN2O4. The predicted molar refractivity (Wildman–Crippen MR) is 89.0 cm³/mol. The van der Waals surface area contributed by atoms with Gasteiger partial charge < -0.3 is 5.11 Å². The second-order valence-corrected chi connectivity index (χ2v) is 6.73. The van der Waals surface area contributed by atoms with Crippen LogP contribution in [0.15, 0.2) is 18.2 Å². The van der Waals surface area contributed by atoms with Crippen molar-refractivity contribution in [3.63, 3.8) is 0 Å². The van der Waals surface area contributed by atoms with Crippen LogP contribution in [0.5, 0.6) is 0 Å². The maximum Gasteiger partial charge on any atom is 0.306 e. The molecule has 3 rings (SSSR count). The van der Waals surface area contributed by atoms with Gasteiger partial charge in [0.1, 0.15) is 0 Å². The van der Waals surface area contributed by atoms with Crippen LogP contribution in [0, 0.1) is 12.8 Å². The minimum absolute atomic E-state index is 0.128. The van der Waals surface area contributed by atoms with E-state index in [2.05, 4.69) is 0 Å². The second-order valence-electron chi connectivity index (χ2n) is 6.32. The van der Waals surface area contributed by atoms with E-state index >= 15 is 0 Å². The first-order valence-corrected chi connectivity index (χ1v) is 8.36. The lowest BCUT2D eigenvalue weighted by Gasteiger charge is -2.33. The van der Waals surface area contributed by atoms with Crippen LogP contribution in [-0.2, 0) is 14.4 Å². The Kier molecular flexibility index (Phi) is 4.60. The molecule has 2 aliphatic rings. The number of benzene rings is 1. The smallest absolute Gasteiger partial charge is 0.306 e. The van der Waals surface area contributed by atoms with Crippen molar-refractivity contribution in [2.75, 3.05) is 18.0 Å². The van der Waals surface area contributed by atoms with Crippen molar-refractivity contribution < 1.29 is 19.5 Å². The van der Waals surface area contributed by atoms with Gasteiger partial charge in [-0.15, -0.1) is 0 Å². The summed E-state index contributed by atoms with van der Waals surface area (Å²) in [5, 5.41) is 9.58. The molecule has 0 aliphatic carbocycles. The number of carbonyl (C=O) groups is 3. The third-order valence-electron chi connectivity index (χ3n) is 4.92. The van der Waals surface area contributed by atoms with Crippen molar-refractivity contribution in [1.82, 2.24) is 4.90 Å². The van der Waals surface area contributed by atoms with Crippen molar-refractivity contribution in [3.05, 3.63) is 28.8 Å². The molecular weight excluding hydrogens is 332 g/mol. The maximum absolute atomic E-state index is 12.8. The molecule has 1 aromatic rings. The fourth-order valence-corrected chi connectivity index (χ4v) is 3.62. The highest BCUT2D eigenvalue weighted by Gasteiger charge is 2.44. The molecule has 0 bridgehead atoms. The number of hydrogen-bond donors (Lipinski definition) is 1. The van der Waals surface area contributed by atoms with Crippen molar-refractivity contribution in [3.8, 4) is 0 Å². The summed E-state index contributed by atoms with van der Waals surface area (Å²) in [4.78, 5) is 39.4. The molecule has 2 fully saturated rings. The fraction of sp³-hybridized carbons (Fsp3) is 0.471. The monoisotopic (exact) mass is 350 g/mol. The van der Waals surface area contributed by atoms with Crippen LogP contribution in [0.2, 0.25) is 5.02 Å². The molecule has 0 aromatic heterocycles. The van der Waals surface area contributed by atoms with Gasteiger partial charge in [0.25, 0.3) is 5.91 Å². The second kappa shape index (κ2) is 6.53. The summed E-state index contributed by atoms with van der Waals surface area (Å²) < 4.78 is 0. The number of halogens is 1. The van der Waals surface area contributed by atoms with E-state index in [-0.39, 0.29) is 24.2 Å². The zero-order valence-corrected chi connectivity index (χ0v) is 14.1. The number of carboxylic acid groups (broad SMARTS) is 1. The molecule has 128 valence electrons. The van der Waals surface area contributed by atoms with Gasteiger partial charge in [-0.3, -0.25) is 19.3 Å². The van der Waals surface area contributed by atoms with Crippen molar-refractivity contribution in [2.45, 2.75) is 32.2 Å². The van der Waals surface area contributed by atoms with E-state index in [4.69, 9.17) is 16.7 Å². The summed E-state index contributed by atoms with van der Waals surface area (Å²) in [6.07, 6.45) is 1.13. The summed E-state index contributed by atoms with van der Waals surface area (Å²) in [5.41, 5.74) is 1.23. The van der Waals surface area contributed by atoms with Crippen LogP contribution >= 0.6 is 11.6 Å². The molecule has 0 radical (unpaired) electrons. The lowest BCUT2D eigenvalue weighted by Crippen LogP contribution is -2.46. The number of imide groups is 1. The molecule has 0 spiro atoms. The maximum atomic E-state index is 12.8. The summed E-state index contributed by atoms with van der Waals surface area (Å²) in [5.74, 6) is -1.64. The van der Waals surface area contributed by atoms with Crippen LogP contribution in [0.25, 0.3) is 0 Å². The van der Waals surface area contributed by atoms with E-state index < -0.39 is 12.0 Å². The first-order valence-electron chi connectivity index (χ1n) is 7.99. The highest BCUT2D eigenvalue weighted by molar-refractivity contribution is 6.32. The van der Waals surface area contributed by atoms with Crippen molar-refractivity contribution in [1.29, 1.82) is 0 Å². The predicted octanol–water partition coefficient (Wildman–Crippen LogP) is 2.08. The highest BCUT2D eigenvalue weighted by Crippen LogP contribution is 2.32. The van der Waals surface area contributed by atoms with Crippen LogP contribution in [0.1, 0.15) is 24.8 Å². The summed E-state index contributed by atoms with van der Waals surface area (Å²) in [7, 11) is 0. The number of aliphatic carboxylic acids is 1. The minimum atomic E-state index is -0.792. The Morgan fingerprint density at radius 3 is 2.54 bits per heavy atom. The van der Waals surface area contributed by atoms with E-state index in [1.165, 1.54) is 4.90 Å². The average molecular weight is 351 g/mol. The number of amides is 2. The van der Waals surface area contributed by atoms with E-state index in [0.29, 0.717) is 42.2 Å². The quantitative estimate of drug-likeness (QED) is 0.844. The molecule has 7 heteroatoms. The van der Waals surface area contributed by atoms with E-state index in [0.717, 1.165) is 0 Å². The van der Waals surface area contributed by atoms with Gasteiger partial charge in [-0.25, -0.2) is 4.90 Å². The van der Waals surface area contributed by atoms with Crippen LogP contribution < -0.4 is 4.90 Å². The number of nitrogens with zero attached hydrogens (tertiary/aromatic N) is 2. The number of carboxylic acids is 1. The van der Waals surface area contributed by atoms with Gasteiger partial charge in [-0.05, 0) is 50.6 Å². The Balaban J connectivity index is 1.78. The Morgan fingerprint density at radius 2 is 1.92 bits per heavy atom. The molecule has 2 aliphatic heterocycles. The van der Waals surface area contributed by atoms with Crippen molar-refractivity contribution in [2.24, 2.45) is 5.92 Å². The zero-order valence-electron chi connectivity index (χ0n) is 13.4. The molecule has 1 atom stereocenters. The SMILES string of the molecule is Cc1c(Cl)cccc1N1C(=O)C[C@H](N2CCC(C(=O)O)CC2)C1=O. The largest absolute Gasteiger partial charge is 0.481 e. The van der Waals surface area contributed by atoms with E-state index in [1.807, 2.05) is 4.90 Å². The lowest BCUT2D eigenvalue weighted by atomic mass is 9.95. The van der Waals surface area contributed by atoms with Crippen LogP contribution in [0.3, 0.4) is 0 Å². The first kappa shape index (κ1) is 16.9. The molecule has 1 aromatic carbocycles. The Labute approximate surface area is 145 Å². The van der Waals surface area contributed by atoms with Crippen LogP contribution in [-0.4, -0.2) is 46.9 Å². The molecule has 2 saturated heterocycles. The third kappa shape index (κ3) is 2.91. The summed E-state index contributed by atoms with van der Waals surface area (Å²) >= 11 is 6.10. The standard InChI is InChI=1S/C17H19ClN2O4/c1-10-12(18)3-2-4-13(10)20-15(21)9-14(16(20)22)19-7-5-11(6-8-19)17(23)24/h2-4,11,14H,5-9H2,1H3,(H,23,24)/t14-/m0/s1. The normalized spacial score (nSPS) is 23.1. The Bertz CT molecular complexity index is 698. The zero-order chi connectivity index (χ0) is 17.4. The van der Waals surface area contributed by atoms with Crippen LogP contribution in [0.4, 0.5) is 5.69 Å². The topological polar surface area (TPSA) is 77.9 Å². The van der Waals surface area contributed by atoms with E-state index in [1.54, 1.807) is 25.1 Å². The number of carbonyl (C=O) groups excluding carboxylic acids is 2. The van der Waals surface area contributed by atoms with Gasteiger partial charge >= 0.3 is 5.97 Å². The summed E-state index contributed by atoms with van der Waals surface area (Å²) in [6, 6.07) is 4.65. The van der Waals surface area contributed by atoms with Gasteiger partial charge in [0.15, 0.2) is 0 Å². The third-order valence-corrected chi connectivity index (χ3v) is 5.33.